The van der Waals surface area contributed by atoms with Crippen LogP contribution in [-0.4, -0.2) is 17.6 Å². The number of nitrogens with one attached hydrogen (secondary N) is 1. The Morgan fingerprint density at radius 2 is 1.89 bits per heavy atom. The van der Waals surface area contributed by atoms with Gasteiger partial charge in [0, 0.05) is 11.8 Å². The minimum Gasteiger partial charge on any atom is -0.462 e. The Bertz CT molecular complexity index is 950. The average molecular weight is 358 g/mol. The Hall–Kier alpha value is -3.14. The molecule has 4 rings (SSSR count). The van der Waals surface area contributed by atoms with Gasteiger partial charge in [0.1, 0.15) is 0 Å². The molecule has 1 fully saturated rings. The van der Waals surface area contributed by atoms with Gasteiger partial charge in [0.15, 0.2) is 0 Å². The van der Waals surface area contributed by atoms with Crippen molar-refractivity contribution in [1.29, 1.82) is 0 Å². The van der Waals surface area contributed by atoms with E-state index in [0.717, 1.165) is 22.5 Å². The summed E-state index contributed by atoms with van der Waals surface area (Å²) in [6, 6.07) is 18.2. The normalized spacial score (nSPS) is 13.2. The van der Waals surface area contributed by atoms with E-state index >= 15 is 0 Å². The minimum absolute atomic E-state index is 0.297. The van der Waals surface area contributed by atoms with Gasteiger partial charge in [0.25, 0.3) is 0 Å². The maximum Gasteiger partial charge on any atom is 0.340 e. The first-order valence-electron chi connectivity index (χ1n) is 9.33. The Morgan fingerprint density at radius 3 is 2.63 bits per heavy atom. The highest BCUT2D eigenvalue weighted by Gasteiger charge is 2.25. The second kappa shape index (κ2) is 7.62. The van der Waals surface area contributed by atoms with Gasteiger partial charge >= 0.3 is 5.97 Å². The number of aromatic nitrogens is 1. The molecule has 1 aromatic heterocycles. The third-order valence-electron chi connectivity index (χ3n) is 4.71. The largest absolute Gasteiger partial charge is 0.462 e. The summed E-state index contributed by atoms with van der Waals surface area (Å²) in [5, 5.41) is 3.35. The van der Waals surface area contributed by atoms with Crippen LogP contribution in [0.4, 0.5) is 11.4 Å². The van der Waals surface area contributed by atoms with Crippen molar-refractivity contribution in [2.24, 2.45) is 0 Å². The van der Waals surface area contributed by atoms with Crippen LogP contribution in [-0.2, 0) is 4.74 Å². The van der Waals surface area contributed by atoms with Gasteiger partial charge < -0.3 is 10.1 Å². The smallest absolute Gasteiger partial charge is 0.340 e. The molecule has 1 N–H and O–H groups in total. The summed E-state index contributed by atoms with van der Waals surface area (Å²) in [5.74, 6) is 0.282. The molecule has 1 heterocycles. The van der Waals surface area contributed by atoms with Crippen LogP contribution in [0, 0.1) is 0 Å². The highest BCUT2D eigenvalue weighted by molar-refractivity contribution is 5.97. The number of ether oxygens (including phenoxy) is 1. The second-order valence-corrected chi connectivity index (χ2v) is 6.75. The van der Waals surface area contributed by atoms with Gasteiger partial charge in [0.05, 0.1) is 29.7 Å². The highest BCUT2D eigenvalue weighted by atomic mass is 16.5. The van der Waals surface area contributed by atoms with Crippen LogP contribution in [0.1, 0.15) is 41.6 Å². The summed E-state index contributed by atoms with van der Waals surface area (Å²) >= 11 is 0. The third kappa shape index (κ3) is 4.00. The molecular weight excluding hydrogens is 336 g/mol. The van der Waals surface area contributed by atoms with Crippen LogP contribution in [0.15, 0.2) is 67.0 Å². The molecule has 2 aromatic carbocycles. The zero-order valence-corrected chi connectivity index (χ0v) is 15.3. The van der Waals surface area contributed by atoms with Crippen molar-refractivity contribution in [1.82, 2.24) is 4.98 Å². The minimum atomic E-state index is -0.297. The molecule has 0 saturated heterocycles. The predicted octanol–water partition coefficient (Wildman–Crippen LogP) is 5.55. The highest BCUT2D eigenvalue weighted by Crippen LogP contribution is 2.41. The number of benzene rings is 2. The summed E-state index contributed by atoms with van der Waals surface area (Å²) in [6.45, 7) is 2.18. The fraction of sp³-hybridized carbons (Fsp3) is 0.217. The van der Waals surface area contributed by atoms with Gasteiger partial charge in [-0.25, -0.2) is 4.79 Å². The molecule has 1 aliphatic rings. The van der Waals surface area contributed by atoms with E-state index in [2.05, 4.69) is 28.5 Å². The number of rotatable bonds is 6. The van der Waals surface area contributed by atoms with E-state index < -0.39 is 0 Å². The molecule has 136 valence electrons. The quantitative estimate of drug-likeness (QED) is 0.587. The summed E-state index contributed by atoms with van der Waals surface area (Å²) in [5.41, 5.74) is 5.48. The molecule has 1 aliphatic carbocycles. The fourth-order valence-corrected chi connectivity index (χ4v) is 3.17. The van der Waals surface area contributed by atoms with Crippen molar-refractivity contribution in [3.8, 4) is 11.1 Å². The van der Waals surface area contributed by atoms with Crippen molar-refractivity contribution in [3.05, 3.63) is 78.1 Å². The maximum atomic E-state index is 12.5. The van der Waals surface area contributed by atoms with Crippen LogP contribution in [0.5, 0.6) is 0 Å². The number of carbonyl (C=O) groups excluding carboxylic acids is 1. The van der Waals surface area contributed by atoms with Gasteiger partial charge in [0.2, 0.25) is 0 Å². The second-order valence-electron chi connectivity index (χ2n) is 6.75. The third-order valence-corrected chi connectivity index (χ3v) is 4.71. The fourth-order valence-electron chi connectivity index (χ4n) is 3.17. The van der Waals surface area contributed by atoms with Gasteiger partial charge in [-0.2, -0.15) is 0 Å². The molecule has 4 nitrogen and oxygen atoms in total. The monoisotopic (exact) mass is 358 g/mol. The molecule has 3 aromatic rings. The number of nitrogens with zero attached hydrogens (tertiary/aromatic N) is 1. The Labute approximate surface area is 159 Å². The lowest BCUT2D eigenvalue weighted by Crippen LogP contribution is -2.08. The van der Waals surface area contributed by atoms with Gasteiger partial charge in [-0.05, 0) is 55.0 Å². The lowest BCUT2D eigenvalue weighted by Gasteiger charge is -2.14. The molecule has 1 saturated carbocycles. The standard InChI is InChI=1S/C23H22N2O2/c1-2-27-23(26)21-13-18(17-8-9-17)10-11-22(21)25-20-12-19(14-24-15-20)16-6-4-3-5-7-16/h3-7,10-15,17,25H,2,8-9H2,1H3. The van der Waals surface area contributed by atoms with Crippen LogP contribution in [0.25, 0.3) is 11.1 Å². The van der Waals surface area contributed by atoms with Gasteiger partial charge in [-0.15, -0.1) is 0 Å². The zero-order valence-electron chi connectivity index (χ0n) is 15.3. The van der Waals surface area contributed by atoms with Crippen LogP contribution in [0.3, 0.4) is 0 Å². The van der Waals surface area contributed by atoms with Crippen molar-refractivity contribution in [3.63, 3.8) is 0 Å². The molecule has 0 spiro atoms. The van der Waals surface area contributed by atoms with E-state index in [4.69, 9.17) is 4.74 Å². The molecule has 0 aliphatic heterocycles. The lowest BCUT2D eigenvalue weighted by atomic mass is 10.0. The van der Waals surface area contributed by atoms with Crippen LogP contribution in [0.2, 0.25) is 0 Å². The predicted molar refractivity (Wildman–Crippen MR) is 107 cm³/mol. The van der Waals surface area contributed by atoms with Crippen molar-refractivity contribution < 1.29 is 9.53 Å². The number of pyridine rings is 1. The molecule has 0 unspecified atom stereocenters. The van der Waals surface area contributed by atoms with Crippen LogP contribution >= 0.6 is 0 Å². The summed E-state index contributed by atoms with van der Waals surface area (Å²) in [4.78, 5) is 16.8. The summed E-state index contributed by atoms with van der Waals surface area (Å²) in [7, 11) is 0. The first-order chi connectivity index (χ1) is 13.2. The topological polar surface area (TPSA) is 51.2 Å². The van der Waals surface area contributed by atoms with E-state index in [1.165, 1.54) is 18.4 Å². The number of hydrogen-bond acceptors (Lipinski definition) is 4. The van der Waals surface area contributed by atoms with E-state index in [1.807, 2.05) is 49.5 Å². The van der Waals surface area contributed by atoms with E-state index in [9.17, 15) is 4.79 Å². The SMILES string of the molecule is CCOC(=O)c1cc(C2CC2)ccc1Nc1cncc(-c2ccccc2)c1. The molecular formula is C23H22N2O2. The summed E-state index contributed by atoms with van der Waals surface area (Å²) in [6.07, 6.45) is 5.98. The number of esters is 1. The molecule has 0 atom stereocenters. The Balaban J connectivity index is 1.65. The molecule has 0 radical (unpaired) electrons. The molecule has 4 heteroatoms. The Kier molecular flexibility index (Phi) is 4.88. The Morgan fingerprint density at radius 1 is 1.07 bits per heavy atom. The average Bonchev–Trinajstić information content (AvgIpc) is 3.55. The summed E-state index contributed by atoms with van der Waals surface area (Å²) < 4.78 is 5.26. The van der Waals surface area contributed by atoms with Crippen LogP contribution < -0.4 is 5.32 Å². The molecule has 0 bridgehead atoms. The van der Waals surface area contributed by atoms with E-state index in [1.54, 1.807) is 6.20 Å². The van der Waals surface area contributed by atoms with E-state index in [-0.39, 0.29) is 5.97 Å². The number of anilines is 2. The molecule has 0 amide bonds. The van der Waals surface area contributed by atoms with Crippen molar-refractivity contribution >= 4 is 17.3 Å². The zero-order chi connectivity index (χ0) is 18.6. The first-order valence-corrected chi connectivity index (χ1v) is 9.33. The number of carbonyl (C=O) groups is 1. The van der Waals surface area contributed by atoms with Crippen molar-refractivity contribution in [2.45, 2.75) is 25.7 Å². The molecule has 27 heavy (non-hydrogen) atoms. The number of hydrogen-bond donors (Lipinski definition) is 1. The maximum absolute atomic E-state index is 12.5. The van der Waals surface area contributed by atoms with Gasteiger partial charge in [-0.3, -0.25) is 4.98 Å². The van der Waals surface area contributed by atoms with E-state index in [0.29, 0.717) is 18.1 Å². The lowest BCUT2D eigenvalue weighted by molar-refractivity contribution is 0.0527. The van der Waals surface area contributed by atoms with Crippen molar-refractivity contribution in [2.75, 3.05) is 11.9 Å². The van der Waals surface area contributed by atoms with Gasteiger partial charge in [-0.1, -0.05) is 36.4 Å². The first kappa shape index (κ1) is 17.3.